The molecule has 0 saturated heterocycles. The molecule has 1 aliphatic heterocycles. The molecule has 0 radical (unpaired) electrons. The Morgan fingerprint density at radius 3 is 2.89 bits per heavy atom. The molecule has 0 fully saturated rings. The van der Waals surface area contributed by atoms with Crippen molar-refractivity contribution in [2.75, 3.05) is 19.8 Å². The molecule has 0 bridgehead atoms. The Kier molecular flexibility index (Phi) is 3.75. The van der Waals surface area contributed by atoms with Crippen LogP contribution >= 0.6 is 0 Å². The zero-order chi connectivity index (χ0) is 14.0. The summed E-state index contributed by atoms with van der Waals surface area (Å²) < 4.78 is 28.5. The Balaban J connectivity index is 2.48. The lowest BCUT2D eigenvalue weighted by atomic mass is 10.1. The van der Waals surface area contributed by atoms with Crippen LogP contribution in [0.25, 0.3) is 0 Å². The van der Waals surface area contributed by atoms with Gasteiger partial charge in [0.2, 0.25) is 0 Å². The maximum absolute atomic E-state index is 13.5. The van der Waals surface area contributed by atoms with Crippen molar-refractivity contribution in [2.24, 2.45) is 0 Å². The first-order valence-corrected chi connectivity index (χ1v) is 5.72. The van der Waals surface area contributed by atoms with Gasteiger partial charge >= 0.3 is 5.97 Å². The number of carbonyl (C=O) groups excluding carboxylic acids is 1. The average molecular weight is 272 g/mol. The maximum Gasteiger partial charge on any atom is 0.339 e. The summed E-state index contributed by atoms with van der Waals surface area (Å²) >= 11 is 0. The Morgan fingerprint density at radius 1 is 1.53 bits per heavy atom. The van der Waals surface area contributed by atoms with E-state index in [4.69, 9.17) is 9.47 Å². The van der Waals surface area contributed by atoms with Crippen molar-refractivity contribution in [2.45, 2.75) is 13.0 Å². The summed E-state index contributed by atoms with van der Waals surface area (Å²) in [6.45, 7) is 1.99. The number of carbonyl (C=O) groups is 1. The normalized spacial score (nSPS) is 14.9. The Morgan fingerprint density at radius 2 is 2.21 bits per heavy atom. The van der Waals surface area contributed by atoms with E-state index in [9.17, 15) is 19.4 Å². The van der Waals surface area contributed by atoms with Crippen LogP contribution in [0, 0.1) is 5.82 Å². The minimum Gasteiger partial charge on any atom is -0.504 e. The Labute approximate surface area is 108 Å². The van der Waals surface area contributed by atoms with E-state index in [1.54, 1.807) is 6.92 Å². The summed E-state index contributed by atoms with van der Waals surface area (Å²) in [7, 11) is 0. The summed E-state index contributed by atoms with van der Waals surface area (Å²) in [6.07, 6.45) is -1.84. The third-order valence-corrected chi connectivity index (χ3v) is 2.58. The zero-order valence-electron chi connectivity index (χ0n) is 10.2. The minimum absolute atomic E-state index is 0.0277. The molecule has 0 aromatic heterocycles. The predicted molar refractivity (Wildman–Crippen MR) is 60.6 cm³/mol. The largest absolute Gasteiger partial charge is 0.504 e. The van der Waals surface area contributed by atoms with Crippen molar-refractivity contribution < 1.29 is 33.6 Å². The highest BCUT2D eigenvalue weighted by molar-refractivity contribution is 5.79. The highest BCUT2D eigenvalue weighted by Gasteiger charge is 2.32. The van der Waals surface area contributed by atoms with Crippen LogP contribution in [0.15, 0.2) is 6.07 Å². The number of aromatic hydroxyl groups is 1. The number of aliphatic hydroxyl groups excluding tert-OH is 1. The monoisotopic (exact) mass is 272 g/mol. The van der Waals surface area contributed by atoms with Crippen molar-refractivity contribution >= 4 is 5.97 Å². The zero-order valence-corrected chi connectivity index (χ0v) is 10.2. The van der Waals surface area contributed by atoms with Crippen LogP contribution < -0.4 is 9.47 Å². The van der Waals surface area contributed by atoms with Gasteiger partial charge < -0.3 is 24.4 Å². The van der Waals surface area contributed by atoms with Gasteiger partial charge in [0, 0.05) is 6.07 Å². The summed E-state index contributed by atoms with van der Waals surface area (Å²) in [5.41, 5.74) is -0.381. The fraction of sp³-hybridized carbons (Fsp3) is 0.417. The van der Waals surface area contributed by atoms with Gasteiger partial charge in [-0.05, 0) is 6.92 Å². The highest BCUT2D eigenvalue weighted by atomic mass is 19.1. The van der Waals surface area contributed by atoms with Crippen molar-refractivity contribution in [3.05, 3.63) is 17.4 Å². The lowest BCUT2D eigenvalue weighted by Gasteiger charge is -2.23. The molecule has 6 nitrogen and oxygen atoms in total. The van der Waals surface area contributed by atoms with E-state index >= 15 is 0 Å². The highest BCUT2D eigenvalue weighted by Crippen LogP contribution is 2.44. The van der Waals surface area contributed by atoms with Crippen LogP contribution in [0.3, 0.4) is 0 Å². The molecular formula is C12H13FO6. The number of esters is 1. The van der Waals surface area contributed by atoms with E-state index < -0.39 is 23.6 Å². The second-order valence-corrected chi connectivity index (χ2v) is 3.80. The van der Waals surface area contributed by atoms with Crippen molar-refractivity contribution in [1.29, 1.82) is 0 Å². The molecule has 1 heterocycles. The van der Waals surface area contributed by atoms with Gasteiger partial charge in [0.25, 0.3) is 0 Å². The SMILES string of the molecule is CCOC(=O)C(O)c1c(O)c(F)cc2c1OCCO2. The molecule has 1 aliphatic rings. The van der Waals surface area contributed by atoms with Crippen LogP contribution in [0.5, 0.6) is 17.2 Å². The summed E-state index contributed by atoms with van der Waals surface area (Å²) in [4.78, 5) is 11.5. The third kappa shape index (κ3) is 2.41. The van der Waals surface area contributed by atoms with E-state index in [-0.39, 0.29) is 36.9 Å². The van der Waals surface area contributed by atoms with Gasteiger partial charge in [-0.3, -0.25) is 0 Å². The number of rotatable bonds is 3. The summed E-state index contributed by atoms with van der Waals surface area (Å²) in [5, 5.41) is 19.5. The molecule has 0 amide bonds. The third-order valence-electron chi connectivity index (χ3n) is 2.58. The fourth-order valence-electron chi connectivity index (χ4n) is 1.76. The van der Waals surface area contributed by atoms with Gasteiger partial charge in [-0.25, -0.2) is 9.18 Å². The molecule has 2 rings (SSSR count). The molecule has 1 aromatic carbocycles. The topological polar surface area (TPSA) is 85.2 Å². The predicted octanol–water partition coefficient (Wildman–Crippen LogP) is 0.899. The molecule has 7 heteroatoms. The molecule has 19 heavy (non-hydrogen) atoms. The number of ether oxygens (including phenoxy) is 3. The number of benzene rings is 1. The van der Waals surface area contributed by atoms with Gasteiger partial charge in [0.1, 0.15) is 13.2 Å². The fourth-order valence-corrected chi connectivity index (χ4v) is 1.76. The van der Waals surface area contributed by atoms with Crippen LogP contribution in [0.4, 0.5) is 4.39 Å². The first kappa shape index (κ1) is 13.4. The van der Waals surface area contributed by atoms with Crippen LogP contribution in [-0.4, -0.2) is 36.0 Å². The minimum atomic E-state index is -1.84. The first-order valence-electron chi connectivity index (χ1n) is 5.72. The molecule has 1 aromatic rings. The number of phenols is 1. The number of hydrogen-bond donors (Lipinski definition) is 2. The number of fused-ring (bicyclic) bond motifs is 1. The molecule has 0 saturated carbocycles. The smallest absolute Gasteiger partial charge is 0.339 e. The molecule has 1 unspecified atom stereocenters. The van der Waals surface area contributed by atoms with E-state index in [2.05, 4.69) is 4.74 Å². The van der Waals surface area contributed by atoms with Gasteiger partial charge in [0.05, 0.1) is 12.2 Å². The maximum atomic E-state index is 13.5. The molecule has 1 atom stereocenters. The second-order valence-electron chi connectivity index (χ2n) is 3.80. The van der Waals surface area contributed by atoms with E-state index in [0.717, 1.165) is 6.07 Å². The second kappa shape index (κ2) is 5.31. The van der Waals surface area contributed by atoms with Gasteiger partial charge in [0.15, 0.2) is 29.2 Å². The first-order chi connectivity index (χ1) is 9.06. The van der Waals surface area contributed by atoms with Gasteiger partial charge in [-0.15, -0.1) is 0 Å². The Bertz CT molecular complexity index is 501. The van der Waals surface area contributed by atoms with Crippen LogP contribution in [-0.2, 0) is 9.53 Å². The summed E-state index contributed by atoms with van der Waals surface area (Å²) in [6, 6.07) is 0.936. The standard InChI is InChI=1S/C12H13FO6/c1-2-17-12(16)10(15)8-9(14)6(13)5-7-11(8)19-4-3-18-7/h5,10,14-15H,2-4H2,1H3. The van der Waals surface area contributed by atoms with Gasteiger partial charge in [-0.2, -0.15) is 0 Å². The van der Waals surface area contributed by atoms with Gasteiger partial charge in [-0.1, -0.05) is 0 Å². The molecule has 2 N–H and O–H groups in total. The number of aliphatic hydroxyl groups is 1. The molecule has 0 spiro atoms. The molecule has 0 aliphatic carbocycles. The lowest BCUT2D eigenvalue weighted by Crippen LogP contribution is -2.21. The van der Waals surface area contributed by atoms with Crippen molar-refractivity contribution in [3.63, 3.8) is 0 Å². The van der Waals surface area contributed by atoms with Crippen molar-refractivity contribution in [3.8, 4) is 17.2 Å². The average Bonchev–Trinajstić information content (AvgIpc) is 2.40. The van der Waals surface area contributed by atoms with Crippen LogP contribution in [0.1, 0.15) is 18.6 Å². The van der Waals surface area contributed by atoms with Crippen molar-refractivity contribution in [1.82, 2.24) is 0 Å². The van der Waals surface area contributed by atoms with E-state index in [0.29, 0.717) is 0 Å². The number of phenolic OH excluding ortho intramolecular Hbond substituents is 1. The van der Waals surface area contributed by atoms with Crippen LogP contribution in [0.2, 0.25) is 0 Å². The number of halogens is 1. The lowest BCUT2D eigenvalue weighted by molar-refractivity contribution is -0.153. The quantitative estimate of drug-likeness (QED) is 0.795. The van der Waals surface area contributed by atoms with E-state index in [1.165, 1.54) is 0 Å². The molecule has 104 valence electrons. The van der Waals surface area contributed by atoms with E-state index in [1.807, 2.05) is 0 Å². The Hall–Kier alpha value is -2.02. The number of hydrogen-bond acceptors (Lipinski definition) is 6. The molecular weight excluding hydrogens is 259 g/mol. The summed E-state index contributed by atoms with van der Waals surface area (Å²) in [5.74, 6) is -2.89.